The van der Waals surface area contributed by atoms with E-state index < -0.39 is 89.5 Å². The van der Waals surface area contributed by atoms with Gasteiger partial charge in [0.1, 0.15) is 53.5 Å². The number of anilines is 3. The normalized spacial score (nSPS) is 27.0. The molecule has 0 radical (unpaired) electrons. The van der Waals surface area contributed by atoms with E-state index in [9.17, 15) is 49.2 Å². The van der Waals surface area contributed by atoms with Crippen molar-refractivity contribution in [3.63, 3.8) is 0 Å². The predicted molar refractivity (Wildman–Crippen MR) is 501 cm³/mol. The summed E-state index contributed by atoms with van der Waals surface area (Å²) in [7, 11) is 3.23. The number of cyclic esters (lactones) is 1. The number of hydrogen-bond donors (Lipinski definition) is 7. The highest BCUT2D eigenvalue weighted by Crippen LogP contribution is 2.43. The number of esters is 1. The number of aryl methyl sites for hydroxylation is 1. The first kappa shape index (κ1) is 102. The number of nitrogens with zero attached hydrogens (tertiary/aromatic N) is 16. The van der Waals surface area contributed by atoms with E-state index in [0.29, 0.717) is 189 Å². The van der Waals surface area contributed by atoms with Crippen LogP contribution in [0.2, 0.25) is 0 Å². The van der Waals surface area contributed by atoms with E-state index >= 15 is 0 Å². The number of piperidine rings is 1. The SMILES string of the molecule is CO[C@H]1C[C@@H]2CC[C@@H](C)[C@@](O)(O2)C(=O)C(=O)N2CCCC[C@H]2C(=O)OC([C@H](C)C[C@@H]2CC[C@H](n3nncc3-c3cccc(-c4cnc(N5CCN(Cc6cn(CCOCCOCCOCCOCCC(=O)NCCCCn7nc(-c8ccc9oc(N)nc9c8)c8c(N)ncnc87)nn6)C(CO)C5)nc4)c3)[C@H](OC)C2)CC(=O)[C@H](C)/C=C(\C)[C@@H](O)[C@@H](O)C(=O)[C@H](C)C[C@H](C)/C=C/C=C/C=C/1C. The minimum atomic E-state index is -2.49. The lowest BCUT2D eigenvalue weighted by atomic mass is 9.77. The summed E-state index contributed by atoms with van der Waals surface area (Å²) in [5, 5.41) is 71.9. The summed E-state index contributed by atoms with van der Waals surface area (Å²) in [5.74, 6) is -8.40. The number of aliphatic hydroxyl groups excluding tert-OH is 3. The lowest BCUT2D eigenvalue weighted by Crippen LogP contribution is -2.61. The van der Waals surface area contributed by atoms with Crippen LogP contribution in [0.15, 0.2) is 126 Å². The number of unbranched alkanes of at least 4 members (excludes halogenated alkanes) is 1. The fraction of sp³-hybridized carbons (Fsp3) is 0.588. The van der Waals surface area contributed by atoms with Gasteiger partial charge >= 0.3 is 5.97 Å². The topological polar surface area (TPSA) is 488 Å². The average molecular weight is 1870 g/mol. The van der Waals surface area contributed by atoms with Crippen molar-refractivity contribution < 1.29 is 91.5 Å². The first-order valence-electron chi connectivity index (χ1n) is 47.4. The Labute approximate surface area is 786 Å². The van der Waals surface area contributed by atoms with Crippen LogP contribution in [-0.4, -0.2) is 291 Å². The summed E-state index contributed by atoms with van der Waals surface area (Å²) >= 11 is 0. The molecular weight excluding hydrogens is 1740 g/mol. The van der Waals surface area contributed by atoms with Crippen molar-refractivity contribution in [2.24, 2.45) is 35.5 Å². The molecule has 3 saturated heterocycles. The highest BCUT2D eigenvalue weighted by molar-refractivity contribution is 6.39. The van der Waals surface area contributed by atoms with Gasteiger partial charge < -0.3 is 89.3 Å². The molecule has 38 heteroatoms. The van der Waals surface area contributed by atoms with E-state index in [4.69, 9.17) is 68.8 Å². The minimum absolute atomic E-state index is 0.00899. The Morgan fingerprint density at radius 3 is 2.28 bits per heavy atom. The van der Waals surface area contributed by atoms with Gasteiger partial charge in [-0.15, -0.1) is 10.2 Å². The second kappa shape index (κ2) is 48.7. The molecule has 2 amide bonds. The number of methoxy groups -OCH3 is 2. The smallest absolute Gasteiger partial charge is 0.329 e. The first-order valence-corrected chi connectivity index (χ1v) is 47.4. The molecule has 9 N–H and O–H groups in total. The maximum absolute atomic E-state index is 14.9. The second-order valence-corrected chi connectivity index (χ2v) is 36.5. The van der Waals surface area contributed by atoms with Gasteiger partial charge in [-0.1, -0.05) is 99.7 Å². The summed E-state index contributed by atoms with van der Waals surface area (Å²) in [4.78, 5) is 113. The Morgan fingerprint density at radius 2 is 1.52 bits per heavy atom. The van der Waals surface area contributed by atoms with Gasteiger partial charge in [0, 0.05) is 132 Å². The maximum Gasteiger partial charge on any atom is 0.329 e. The maximum atomic E-state index is 14.9. The van der Waals surface area contributed by atoms with Crippen LogP contribution in [0.3, 0.4) is 0 Å². The molecule has 10 heterocycles. The molecular formula is C97H133N19O19. The minimum Gasteiger partial charge on any atom is -0.460 e. The Bertz CT molecular complexity index is 5400. The van der Waals surface area contributed by atoms with Crippen LogP contribution in [-0.2, 0) is 86.3 Å². The number of nitrogens with two attached hydrogens (primary N) is 2. The Balaban J connectivity index is 0.537. The largest absolute Gasteiger partial charge is 0.460 e. The highest BCUT2D eigenvalue weighted by atomic mass is 16.6. The second-order valence-electron chi connectivity index (χ2n) is 36.5. The summed E-state index contributed by atoms with van der Waals surface area (Å²) in [6.07, 6.45) is 20.2. The number of Topliss-reactive ketones (excluding diaryl/α,β-unsaturated/α-hetero) is 3. The molecule has 730 valence electrons. The van der Waals surface area contributed by atoms with Gasteiger partial charge in [-0.3, -0.25) is 28.9 Å². The zero-order chi connectivity index (χ0) is 95.8. The van der Waals surface area contributed by atoms with Crippen molar-refractivity contribution in [2.75, 3.05) is 123 Å². The third-order valence-corrected chi connectivity index (χ3v) is 26.7. The number of hydrogen-bond acceptors (Lipinski definition) is 33. The van der Waals surface area contributed by atoms with Gasteiger partial charge in [-0.25, -0.2) is 38.8 Å². The zero-order valence-corrected chi connectivity index (χ0v) is 78.9. The number of nitrogens with one attached hydrogen (secondary N) is 1. The fourth-order valence-corrected chi connectivity index (χ4v) is 18.8. The van der Waals surface area contributed by atoms with Gasteiger partial charge in [-0.05, 0) is 150 Å². The first-order chi connectivity index (χ1) is 65.2. The molecule has 4 fully saturated rings. The quantitative estimate of drug-likeness (QED) is 0.00876. The number of fused-ring (bicyclic) bond motifs is 5. The number of aliphatic hydroxyl groups is 4. The number of carbonyl (C=O) groups is 6. The van der Waals surface area contributed by atoms with Crippen LogP contribution >= 0.6 is 0 Å². The summed E-state index contributed by atoms with van der Waals surface area (Å²) < 4.78 is 58.6. The number of carbonyl (C=O) groups excluding carboxylic acids is 6. The van der Waals surface area contributed by atoms with Crippen LogP contribution in [0.1, 0.15) is 157 Å². The van der Waals surface area contributed by atoms with E-state index in [2.05, 4.69) is 56.8 Å². The molecule has 135 heavy (non-hydrogen) atoms. The summed E-state index contributed by atoms with van der Waals surface area (Å²) in [6.45, 7) is 19.0. The summed E-state index contributed by atoms with van der Waals surface area (Å²) in [6, 6.07) is 11.9. The van der Waals surface area contributed by atoms with Crippen molar-refractivity contribution in [1.29, 1.82) is 0 Å². The fourth-order valence-electron chi connectivity index (χ4n) is 18.8. The molecule has 5 aliphatic rings. The molecule has 4 aliphatic heterocycles. The Kier molecular flexibility index (Phi) is 36.7. The highest BCUT2D eigenvalue weighted by Gasteiger charge is 2.53. The average Bonchev–Trinajstić information content (AvgIpc) is 1.76. The van der Waals surface area contributed by atoms with Gasteiger partial charge in [-0.2, -0.15) is 10.1 Å². The number of oxazole rings is 1. The van der Waals surface area contributed by atoms with E-state index in [1.54, 1.807) is 75.9 Å². The van der Waals surface area contributed by atoms with Crippen LogP contribution < -0.4 is 21.7 Å². The lowest BCUT2D eigenvalue weighted by Gasteiger charge is -2.42. The number of rotatable bonds is 33. The Morgan fingerprint density at radius 1 is 0.756 bits per heavy atom. The number of allylic oxidation sites excluding steroid dienone is 6. The third-order valence-electron chi connectivity index (χ3n) is 26.7. The van der Waals surface area contributed by atoms with E-state index in [-0.39, 0.29) is 98.7 Å². The van der Waals surface area contributed by atoms with Crippen LogP contribution in [0.5, 0.6) is 0 Å². The van der Waals surface area contributed by atoms with Crippen molar-refractivity contribution >= 4 is 75.0 Å². The van der Waals surface area contributed by atoms with Crippen molar-refractivity contribution in [3.8, 4) is 33.6 Å². The lowest BCUT2D eigenvalue weighted by molar-refractivity contribution is -0.265. The molecule has 6 aromatic heterocycles. The Hall–Kier alpha value is -10.9. The van der Waals surface area contributed by atoms with Crippen LogP contribution in [0, 0.1) is 35.5 Å². The molecule has 2 bridgehead atoms. The standard InChI is InChI=1S/C97H133N19O19/c1-60-18-11-10-12-19-61(2)81(127-8)50-74-26-23-66(7)97(126,135-74)90(123)93(124)114-31-15-13-22-77(114)94(125)133-82(51-79(118)62(3)45-65(6)88(121)89(122)87(120)64(5)44-60)63(4)46-67-24-27-76(83(47-67)128-9)116-78(54-105-109-116)69-21-17-20-68(48-69)71-52-101-96(102-53-71)112-34-33-111(73(57-112)58-117)55-72-56-113(110-107-72)35-37-130-39-41-132-43-42-131-40-38-129-36-29-84(119)100-30-14-16-32-115-92-85(91(98)103-59-104-92)86(108-115)70-25-28-80-75(49-70)106-95(99)134-80/h10-12,17-21,25,28,45,48-49,52-54,56,59-60,62-64,66-67,73-74,76-77,81-83,88-89,117,121-122,126H,13-16,22-24,26-27,29-44,46-47,50-51,55,57-58H2,1-9H3,(H2,99,106)(H,100,119)(H2,98,103,104)/b12-10+,18-11+,61-19+,65-45+/t60-,62-,63-,64-,66-,67+,73?,74+,76+,77+,81+,82?,83-,88-,89+,97-/m1/s1. The van der Waals surface area contributed by atoms with E-state index in [1.807, 2.05) is 92.4 Å². The van der Waals surface area contributed by atoms with Crippen molar-refractivity contribution in [3.05, 3.63) is 127 Å². The molecule has 1 aliphatic carbocycles. The van der Waals surface area contributed by atoms with Gasteiger partial charge in [0.2, 0.25) is 17.6 Å². The molecule has 13 rings (SSSR count). The number of nitrogen functional groups attached to an aromatic ring is 2. The number of piperazine rings is 1. The van der Waals surface area contributed by atoms with E-state index in [1.165, 1.54) is 17.3 Å². The predicted octanol–water partition coefficient (Wildman–Crippen LogP) is 8.56. The van der Waals surface area contributed by atoms with Crippen molar-refractivity contribution in [2.45, 2.75) is 225 Å². The molecule has 2 aromatic carbocycles. The van der Waals surface area contributed by atoms with Crippen molar-refractivity contribution in [1.82, 2.24) is 79.8 Å². The van der Waals surface area contributed by atoms with Crippen LogP contribution in [0.4, 0.5) is 17.8 Å². The number of amides is 2. The number of ether oxygens (including phenoxy) is 8. The van der Waals surface area contributed by atoms with Gasteiger partial charge in [0.05, 0.1) is 119 Å². The van der Waals surface area contributed by atoms with E-state index in [0.717, 1.165) is 52.1 Å². The van der Waals surface area contributed by atoms with Gasteiger partial charge in [0.25, 0.3) is 17.7 Å². The number of ketones is 3. The monoisotopic (exact) mass is 1870 g/mol. The summed E-state index contributed by atoms with van der Waals surface area (Å²) in [5.41, 5.74) is 20.4. The molecule has 8 aromatic rings. The molecule has 16 atom stereocenters. The molecule has 0 spiro atoms. The van der Waals surface area contributed by atoms with Gasteiger partial charge in [0.15, 0.2) is 17.0 Å². The zero-order valence-electron chi connectivity index (χ0n) is 78.9. The molecule has 38 nitrogen and oxygen atoms in total. The third kappa shape index (κ3) is 26.5. The molecule has 1 saturated carbocycles. The molecule has 2 unspecified atom stereocenters. The number of aromatic nitrogens is 13. The van der Waals surface area contributed by atoms with Crippen LogP contribution in [0.25, 0.3) is 55.8 Å². The number of benzene rings is 2.